The second-order valence-electron chi connectivity index (χ2n) is 5.41. The van der Waals surface area contributed by atoms with Gasteiger partial charge in [0, 0.05) is 19.2 Å². The molecule has 0 bridgehead atoms. The lowest BCUT2D eigenvalue weighted by Gasteiger charge is -2.29. The summed E-state index contributed by atoms with van der Waals surface area (Å²) >= 11 is 0. The first-order valence-electron chi connectivity index (χ1n) is 7.23. The van der Waals surface area contributed by atoms with Crippen LogP contribution in [0.1, 0.15) is 18.4 Å². The Labute approximate surface area is 127 Å². The van der Waals surface area contributed by atoms with Crippen LogP contribution < -0.4 is 9.47 Å². The number of benzene rings is 1. The zero-order valence-corrected chi connectivity index (χ0v) is 12.0. The number of likely N-dealkylation sites (tertiary alicyclic amines) is 1. The highest BCUT2D eigenvalue weighted by atomic mass is 16.7. The van der Waals surface area contributed by atoms with Crippen molar-refractivity contribution < 1.29 is 24.2 Å². The highest BCUT2D eigenvalue weighted by molar-refractivity contribution is 5.92. The number of rotatable bonds is 3. The van der Waals surface area contributed by atoms with Gasteiger partial charge in [-0.05, 0) is 36.6 Å². The lowest BCUT2D eigenvalue weighted by atomic mass is 9.98. The summed E-state index contributed by atoms with van der Waals surface area (Å²) in [6.45, 7) is 1.10. The Morgan fingerprint density at radius 2 is 2.09 bits per heavy atom. The highest BCUT2D eigenvalue weighted by Gasteiger charge is 2.27. The van der Waals surface area contributed by atoms with Crippen molar-refractivity contribution in [2.75, 3.05) is 19.9 Å². The molecule has 6 nitrogen and oxygen atoms in total. The molecule has 3 rings (SSSR count). The fourth-order valence-electron chi connectivity index (χ4n) is 2.67. The van der Waals surface area contributed by atoms with Crippen molar-refractivity contribution in [1.82, 2.24) is 4.90 Å². The Bertz CT molecular complexity index is 625. The molecular formula is C16H17NO5. The predicted octanol–water partition coefficient (Wildman–Crippen LogP) is 1.75. The average molecular weight is 303 g/mol. The Morgan fingerprint density at radius 1 is 1.27 bits per heavy atom. The molecule has 1 amide bonds. The van der Waals surface area contributed by atoms with Crippen molar-refractivity contribution >= 4 is 18.0 Å². The lowest BCUT2D eigenvalue weighted by molar-refractivity contribution is -0.144. The first-order chi connectivity index (χ1) is 10.6. The maximum absolute atomic E-state index is 12.2. The molecule has 1 fully saturated rings. The Balaban J connectivity index is 1.64. The Morgan fingerprint density at radius 3 is 2.91 bits per heavy atom. The number of ether oxygens (including phenoxy) is 2. The van der Waals surface area contributed by atoms with Gasteiger partial charge in [-0.1, -0.05) is 6.07 Å². The molecule has 1 N–H and O–H groups in total. The van der Waals surface area contributed by atoms with Crippen molar-refractivity contribution in [2.45, 2.75) is 12.8 Å². The number of aliphatic carboxylic acids is 1. The van der Waals surface area contributed by atoms with Gasteiger partial charge in [0.15, 0.2) is 11.5 Å². The van der Waals surface area contributed by atoms with Gasteiger partial charge < -0.3 is 19.5 Å². The molecule has 0 saturated carbocycles. The molecule has 0 spiro atoms. The van der Waals surface area contributed by atoms with Gasteiger partial charge in [-0.25, -0.2) is 0 Å². The molecule has 1 atom stereocenters. The van der Waals surface area contributed by atoms with Crippen molar-refractivity contribution in [3.63, 3.8) is 0 Å². The number of fused-ring (bicyclic) bond motifs is 1. The molecule has 116 valence electrons. The number of carboxylic acid groups (broad SMARTS) is 1. The SMILES string of the molecule is O=C(O)C1CCCN(C(=O)/C=C/c2ccc3c(c2)OCO3)C1. The number of hydrogen-bond acceptors (Lipinski definition) is 4. The highest BCUT2D eigenvalue weighted by Crippen LogP contribution is 2.32. The maximum atomic E-state index is 12.2. The van der Waals surface area contributed by atoms with Crippen molar-refractivity contribution in [3.8, 4) is 11.5 Å². The number of carbonyl (C=O) groups excluding carboxylic acids is 1. The van der Waals surface area contributed by atoms with E-state index < -0.39 is 11.9 Å². The van der Waals surface area contributed by atoms with Crippen LogP contribution in [0.25, 0.3) is 6.08 Å². The number of nitrogens with zero attached hydrogens (tertiary/aromatic N) is 1. The topological polar surface area (TPSA) is 76.1 Å². The molecule has 1 saturated heterocycles. The van der Waals surface area contributed by atoms with E-state index in [1.807, 2.05) is 12.1 Å². The minimum absolute atomic E-state index is 0.163. The first-order valence-corrected chi connectivity index (χ1v) is 7.23. The molecule has 1 unspecified atom stereocenters. The monoisotopic (exact) mass is 303 g/mol. The number of hydrogen-bond donors (Lipinski definition) is 1. The predicted molar refractivity (Wildman–Crippen MR) is 78.5 cm³/mol. The summed E-state index contributed by atoms with van der Waals surface area (Å²) < 4.78 is 10.5. The second-order valence-corrected chi connectivity index (χ2v) is 5.41. The third-order valence-corrected chi connectivity index (χ3v) is 3.90. The zero-order valence-electron chi connectivity index (χ0n) is 12.0. The molecule has 2 aliphatic rings. The van der Waals surface area contributed by atoms with Crippen LogP contribution >= 0.6 is 0 Å². The van der Waals surface area contributed by atoms with E-state index >= 15 is 0 Å². The van der Waals surface area contributed by atoms with Crippen LogP contribution in [0.5, 0.6) is 11.5 Å². The number of carboxylic acids is 1. The fourth-order valence-corrected chi connectivity index (χ4v) is 2.67. The van der Waals surface area contributed by atoms with Gasteiger partial charge >= 0.3 is 5.97 Å². The molecular weight excluding hydrogens is 286 g/mol. The van der Waals surface area contributed by atoms with E-state index in [0.717, 1.165) is 12.0 Å². The van der Waals surface area contributed by atoms with Crippen molar-refractivity contribution in [3.05, 3.63) is 29.8 Å². The van der Waals surface area contributed by atoms with Crippen LogP contribution in [0, 0.1) is 5.92 Å². The van der Waals surface area contributed by atoms with E-state index in [1.54, 1.807) is 17.0 Å². The average Bonchev–Trinajstić information content (AvgIpc) is 3.00. The lowest BCUT2D eigenvalue weighted by Crippen LogP contribution is -2.41. The summed E-state index contributed by atoms with van der Waals surface area (Å²) in [6.07, 6.45) is 4.53. The molecule has 0 aliphatic carbocycles. The van der Waals surface area contributed by atoms with Gasteiger partial charge in [-0.3, -0.25) is 9.59 Å². The normalized spacial score (nSPS) is 20.4. The Kier molecular flexibility index (Phi) is 4.00. The van der Waals surface area contributed by atoms with Gasteiger partial charge in [-0.2, -0.15) is 0 Å². The van der Waals surface area contributed by atoms with Gasteiger partial charge in [0.05, 0.1) is 5.92 Å². The minimum atomic E-state index is -0.836. The van der Waals surface area contributed by atoms with Gasteiger partial charge in [0.1, 0.15) is 0 Å². The maximum Gasteiger partial charge on any atom is 0.308 e. The summed E-state index contributed by atoms with van der Waals surface area (Å²) in [7, 11) is 0. The molecule has 2 heterocycles. The number of piperidine rings is 1. The van der Waals surface area contributed by atoms with E-state index in [1.165, 1.54) is 6.08 Å². The van der Waals surface area contributed by atoms with Crippen LogP contribution in [0.2, 0.25) is 0 Å². The molecule has 6 heteroatoms. The summed E-state index contributed by atoms with van der Waals surface area (Å²) in [5.41, 5.74) is 0.837. The van der Waals surface area contributed by atoms with Crippen molar-refractivity contribution in [2.24, 2.45) is 5.92 Å². The molecule has 1 aromatic carbocycles. The second kappa shape index (κ2) is 6.09. The Hall–Kier alpha value is -2.50. The standard InChI is InChI=1S/C16H17NO5/c18-15(17-7-1-2-12(9-17)16(19)20)6-4-11-3-5-13-14(8-11)22-10-21-13/h3-6,8,12H,1-2,7,9-10H2,(H,19,20)/b6-4+. The molecule has 0 radical (unpaired) electrons. The molecule has 22 heavy (non-hydrogen) atoms. The third kappa shape index (κ3) is 3.05. The van der Waals surface area contributed by atoms with Crippen LogP contribution in [-0.4, -0.2) is 41.8 Å². The first kappa shape index (κ1) is 14.4. The molecule has 0 aromatic heterocycles. The smallest absolute Gasteiger partial charge is 0.308 e. The zero-order chi connectivity index (χ0) is 15.5. The summed E-state index contributed by atoms with van der Waals surface area (Å²) in [6, 6.07) is 5.45. The van der Waals surface area contributed by atoms with Crippen LogP contribution in [0.4, 0.5) is 0 Å². The van der Waals surface area contributed by atoms with Crippen LogP contribution in [0.15, 0.2) is 24.3 Å². The van der Waals surface area contributed by atoms with Crippen LogP contribution in [-0.2, 0) is 9.59 Å². The van der Waals surface area contributed by atoms with E-state index in [2.05, 4.69) is 0 Å². The summed E-state index contributed by atoms with van der Waals surface area (Å²) in [5.74, 6) is -0.0974. The van der Waals surface area contributed by atoms with Crippen LogP contribution in [0.3, 0.4) is 0 Å². The van der Waals surface area contributed by atoms with Gasteiger partial charge in [0.2, 0.25) is 12.7 Å². The molecule has 1 aromatic rings. The van der Waals surface area contributed by atoms with Gasteiger partial charge in [0.25, 0.3) is 0 Å². The van der Waals surface area contributed by atoms with Crippen molar-refractivity contribution in [1.29, 1.82) is 0 Å². The fraction of sp³-hybridized carbons (Fsp3) is 0.375. The van der Waals surface area contributed by atoms with E-state index in [-0.39, 0.29) is 19.2 Å². The summed E-state index contributed by atoms with van der Waals surface area (Å²) in [4.78, 5) is 24.8. The largest absolute Gasteiger partial charge is 0.481 e. The molecule has 2 aliphatic heterocycles. The minimum Gasteiger partial charge on any atom is -0.481 e. The van der Waals surface area contributed by atoms with E-state index in [4.69, 9.17) is 14.6 Å². The number of carbonyl (C=O) groups is 2. The van der Waals surface area contributed by atoms with E-state index in [9.17, 15) is 9.59 Å². The summed E-state index contributed by atoms with van der Waals surface area (Å²) in [5, 5.41) is 9.05. The third-order valence-electron chi connectivity index (χ3n) is 3.90. The number of amides is 1. The van der Waals surface area contributed by atoms with Gasteiger partial charge in [-0.15, -0.1) is 0 Å². The van der Waals surface area contributed by atoms with E-state index in [0.29, 0.717) is 24.5 Å². The quantitative estimate of drug-likeness (QED) is 0.861.